The van der Waals surface area contributed by atoms with Gasteiger partial charge in [0.1, 0.15) is 5.69 Å². The molecule has 1 aromatic heterocycles. The number of nitrogens with zero attached hydrogens (tertiary/aromatic N) is 2. The molecule has 8 nitrogen and oxygen atoms in total. The second-order valence-electron chi connectivity index (χ2n) is 3.88. The molecule has 6 N–H and O–H groups in total. The second-order valence-corrected chi connectivity index (χ2v) is 3.88. The van der Waals surface area contributed by atoms with E-state index >= 15 is 0 Å². The highest BCUT2D eigenvalue weighted by atomic mass is 16.4. The zero-order chi connectivity index (χ0) is 14.9. The van der Waals surface area contributed by atoms with Gasteiger partial charge in [0.15, 0.2) is 17.3 Å². The van der Waals surface area contributed by atoms with E-state index in [4.69, 9.17) is 21.7 Å². The molecular formula is C12H10N4O4. The number of anilines is 2. The summed E-state index contributed by atoms with van der Waals surface area (Å²) in [6.45, 7) is 0. The van der Waals surface area contributed by atoms with Crippen LogP contribution in [0.4, 0.5) is 11.6 Å². The highest BCUT2D eigenvalue weighted by molar-refractivity contribution is 5.92. The SMILES string of the molecule is Nc1nc(-c2ccc(C(=O)O)cc2)c(N)nc1C(=O)O. The van der Waals surface area contributed by atoms with Crippen molar-refractivity contribution >= 4 is 23.6 Å². The largest absolute Gasteiger partial charge is 0.478 e. The molecule has 0 atom stereocenters. The number of nitrogen functional groups attached to an aromatic ring is 2. The number of carboxylic acids is 2. The molecule has 0 saturated heterocycles. The van der Waals surface area contributed by atoms with Gasteiger partial charge in [-0.1, -0.05) is 12.1 Å². The fourth-order valence-electron chi connectivity index (χ4n) is 1.60. The van der Waals surface area contributed by atoms with E-state index in [0.717, 1.165) is 0 Å². The fraction of sp³-hybridized carbons (Fsp3) is 0. The Morgan fingerprint density at radius 3 is 2.00 bits per heavy atom. The zero-order valence-electron chi connectivity index (χ0n) is 10.1. The van der Waals surface area contributed by atoms with Gasteiger partial charge in [-0.25, -0.2) is 19.6 Å². The zero-order valence-corrected chi connectivity index (χ0v) is 10.1. The van der Waals surface area contributed by atoms with Crippen molar-refractivity contribution in [2.24, 2.45) is 0 Å². The number of nitrogens with two attached hydrogens (primary N) is 2. The van der Waals surface area contributed by atoms with Crippen LogP contribution in [0.25, 0.3) is 11.3 Å². The number of carboxylic acid groups (broad SMARTS) is 2. The Morgan fingerprint density at radius 1 is 0.900 bits per heavy atom. The van der Waals surface area contributed by atoms with Gasteiger partial charge < -0.3 is 21.7 Å². The minimum Gasteiger partial charge on any atom is -0.478 e. The van der Waals surface area contributed by atoms with Crippen LogP contribution in [-0.2, 0) is 0 Å². The third-order valence-corrected chi connectivity index (χ3v) is 2.56. The van der Waals surface area contributed by atoms with Gasteiger partial charge in [0.05, 0.1) is 5.56 Å². The van der Waals surface area contributed by atoms with Gasteiger partial charge in [0.25, 0.3) is 0 Å². The summed E-state index contributed by atoms with van der Waals surface area (Å²) in [5.74, 6) is -2.74. The Hall–Kier alpha value is -3.16. The van der Waals surface area contributed by atoms with E-state index in [1.807, 2.05) is 0 Å². The Balaban J connectivity index is 2.50. The molecule has 0 aliphatic heterocycles. The fourth-order valence-corrected chi connectivity index (χ4v) is 1.60. The summed E-state index contributed by atoms with van der Waals surface area (Å²) in [5, 5.41) is 17.7. The van der Waals surface area contributed by atoms with Gasteiger partial charge in [-0.2, -0.15) is 0 Å². The number of aromatic carboxylic acids is 2. The first-order valence-electron chi connectivity index (χ1n) is 5.40. The minimum atomic E-state index is -1.32. The van der Waals surface area contributed by atoms with Crippen molar-refractivity contribution in [1.29, 1.82) is 0 Å². The maximum Gasteiger partial charge on any atom is 0.358 e. The molecule has 0 amide bonds. The molecule has 0 radical (unpaired) electrons. The lowest BCUT2D eigenvalue weighted by atomic mass is 10.1. The number of aromatic nitrogens is 2. The summed E-state index contributed by atoms with van der Waals surface area (Å²) in [4.78, 5) is 29.2. The Kier molecular flexibility index (Phi) is 3.21. The van der Waals surface area contributed by atoms with E-state index in [1.165, 1.54) is 24.3 Å². The number of hydrogen-bond acceptors (Lipinski definition) is 6. The molecule has 2 aromatic rings. The normalized spacial score (nSPS) is 10.2. The van der Waals surface area contributed by atoms with Crippen molar-refractivity contribution in [3.63, 3.8) is 0 Å². The average Bonchev–Trinajstić information content (AvgIpc) is 2.40. The second kappa shape index (κ2) is 4.84. The summed E-state index contributed by atoms with van der Waals surface area (Å²) in [5.41, 5.74) is 11.5. The van der Waals surface area contributed by atoms with Crippen molar-refractivity contribution in [1.82, 2.24) is 9.97 Å². The van der Waals surface area contributed by atoms with Crippen LogP contribution in [0.2, 0.25) is 0 Å². The molecule has 0 bridgehead atoms. The summed E-state index contributed by atoms with van der Waals surface area (Å²) in [7, 11) is 0. The number of carbonyl (C=O) groups is 2. The first kappa shape index (κ1) is 13.3. The number of benzene rings is 1. The molecule has 102 valence electrons. The van der Waals surface area contributed by atoms with Crippen molar-refractivity contribution < 1.29 is 19.8 Å². The summed E-state index contributed by atoms with van der Waals surface area (Å²) in [6, 6.07) is 5.73. The van der Waals surface area contributed by atoms with E-state index in [1.54, 1.807) is 0 Å². The highest BCUT2D eigenvalue weighted by Crippen LogP contribution is 2.25. The monoisotopic (exact) mass is 274 g/mol. The quantitative estimate of drug-likeness (QED) is 0.638. The van der Waals surface area contributed by atoms with E-state index in [-0.39, 0.29) is 22.9 Å². The molecule has 20 heavy (non-hydrogen) atoms. The maximum atomic E-state index is 10.8. The standard InChI is InChI=1S/C12H10N4O4/c13-9-7(15-10(14)8(16-9)12(19)20)5-1-3-6(4-2-5)11(17)18/h1-4H,(H2,13,16)(H2,14,15)(H,17,18)(H,19,20). The Labute approximate surface area is 112 Å². The predicted octanol–water partition coefficient (Wildman–Crippen LogP) is 0.704. The lowest BCUT2D eigenvalue weighted by Crippen LogP contribution is -2.11. The van der Waals surface area contributed by atoms with Crippen LogP contribution in [0.5, 0.6) is 0 Å². The van der Waals surface area contributed by atoms with E-state index in [9.17, 15) is 9.59 Å². The van der Waals surface area contributed by atoms with Crippen LogP contribution in [0.1, 0.15) is 20.8 Å². The number of hydrogen-bond donors (Lipinski definition) is 4. The van der Waals surface area contributed by atoms with Gasteiger partial charge in [0, 0.05) is 5.56 Å². The molecule has 8 heteroatoms. The molecule has 0 unspecified atom stereocenters. The van der Waals surface area contributed by atoms with E-state index < -0.39 is 17.6 Å². The van der Waals surface area contributed by atoms with Crippen LogP contribution in [0.3, 0.4) is 0 Å². The van der Waals surface area contributed by atoms with Crippen LogP contribution in [-0.4, -0.2) is 32.1 Å². The Bertz CT molecular complexity index is 697. The van der Waals surface area contributed by atoms with Crippen LogP contribution >= 0.6 is 0 Å². The first-order valence-corrected chi connectivity index (χ1v) is 5.40. The van der Waals surface area contributed by atoms with Crippen molar-refractivity contribution in [2.45, 2.75) is 0 Å². The topological polar surface area (TPSA) is 152 Å². The molecular weight excluding hydrogens is 264 g/mol. The lowest BCUT2D eigenvalue weighted by Gasteiger charge is -2.07. The lowest BCUT2D eigenvalue weighted by molar-refractivity contribution is 0.0683. The van der Waals surface area contributed by atoms with Crippen molar-refractivity contribution in [3.8, 4) is 11.3 Å². The predicted molar refractivity (Wildman–Crippen MR) is 70.2 cm³/mol. The molecule has 2 rings (SSSR count). The van der Waals surface area contributed by atoms with Gasteiger partial charge in [-0.3, -0.25) is 0 Å². The first-order chi connectivity index (χ1) is 9.40. The van der Waals surface area contributed by atoms with Crippen LogP contribution in [0.15, 0.2) is 24.3 Å². The third kappa shape index (κ3) is 2.34. The minimum absolute atomic E-state index is 0.0975. The smallest absolute Gasteiger partial charge is 0.358 e. The summed E-state index contributed by atoms with van der Waals surface area (Å²) >= 11 is 0. The molecule has 0 aliphatic carbocycles. The summed E-state index contributed by atoms with van der Waals surface area (Å²) in [6.07, 6.45) is 0. The van der Waals surface area contributed by atoms with E-state index in [2.05, 4.69) is 9.97 Å². The van der Waals surface area contributed by atoms with Gasteiger partial charge in [-0.05, 0) is 12.1 Å². The highest BCUT2D eigenvalue weighted by Gasteiger charge is 2.16. The summed E-state index contributed by atoms with van der Waals surface area (Å²) < 4.78 is 0. The van der Waals surface area contributed by atoms with Gasteiger partial charge in [0.2, 0.25) is 0 Å². The number of rotatable bonds is 3. The van der Waals surface area contributed by atoms with Crippen molar-refractivity contribution in [3.05, 3.63) is 35.5 Å². The Morgan fingerprint density at radius 2 is 1.50 bits per heavy atom. The third-order valence-electron chi connectivity index (χ3n) is 2.56. The van der Waals surface area contributed by atoms with Gasteiger partial charge in [-0.15, -0.1) is 0 Å². The molecule has 1 aromatic carbocycles. The van der Waals surface area contributed by atoms with Crippen LogP contribution < -0.4 is 11.5 Å². The molecule has 0 spiro atoms. The van der Waals surface area contributed by atoms with Crippen LogP contribution in [0, 0.1) is 0 Å². The molecule has 0 fully saturated rings. The average molecular weight is 274 g/mol. The van der Waals surface area contributed by atoms with E-state index in [0.29, 0.717) is 5.56 Å². The molecule has 0 saturated carbocycles. The maximum absolute atomic E-state index is 10.8. The van der Waals surface area contributed by atoms with Crippen molar-refractivity contribution in [2.75, 3.05) is 11.5 Å². The molecule has 1 heterocycles. The molecule has 0 aliphatic rings. The van der Waals surface area contributed by atoms with Gasteiger partial charge >= 0.3 is 11.9 Å².